The van der Waals surface area contributed by atoms with Crippen molar-refractivity contribution >= 4 is 5.95 Å². The van der Waals surface area contributed by atoms with E-state index in [-0.39, 0.29) is 0 Å². The van der Waals surface area contributed by atoms with Crippen molar-refractivity contribution in [3.05, 3.63) is 17.0 Å². The third-order valence-electron chi connectivity index (χ3n) is 3.93. The van der Waals surface area contributed by atoms with Crippen LogP contribution in [-0.4, -0.2) is 29.6 Å². The number of rotatable bonds is 4. The van der Waals surface area contributed by atoms with E-state index < -0.39 is 0 Å². The molecule has 1 saturated heterocycles. The van der Waals surface area contributed by atoms with E-state index >= 15 is 0 Å². The summed E-state index contributed by atoms with van der Waals surface area (Å²) in [5, 5.41) is 0. The Balaban J connectivity index is 2.18. The highest BCUT2D eigenvalue weighted by Gasteiger charge is 2.15. The van der Waals surface area contributed by atoms with E-state index in [9.17, 15) is 0 Å². The summed E-state index contributed by atoms with van der Waals surface area (Å²) in [6.45, 7) is 7.12. The monoisotopic (exact) mass is 262 g/mol. The molecule has 19 heavy (non-hydrogen) atoms. The van der Waals surface area contributed by atoms with Gasteiger partial charge in [0.25, 0.3) is 0 Å². The second-order valence-corrected chi connectivity index (χ2v) is 5.47. The van der Waals surface area contributed by atoms with E-state index in [0.717, 1.165) is 49.8 Å². The predicted molar refractivity (Wildman–Crippen MR) is 79.6 cm³/mol. The van der Waals surface area contributed by atoms with E-state index in [1.165, 1.54) is 31.2 Å². The van der Waals surface area contributed by atoms with Crippen LogP contribution in [-0.2, 0) is 6.42 Å². The maximum Gasteiger partial charge on any atom is 0.225 e. The zero-order chi connectivity index (χ0) is 13.7. The number of aryl methyl sites for hydroxylation is 2. The molecular weight excluding hydrogens is 236 g/mol. The van der Waals surface area contributed by atoms with Gasteiger partial charge >= 0.3 is 0 Å². The van der Waals surface area contributed by atoms with Crippen molar-refractivity contribution in [1.82, 2.24) is 9.97 Å². The maximum absolute atomic E-state index is 5.59. The second kappa shape index (κ2) is 6.85. The van der Waals surface area contributed by atoms with Crippen molar-refractivity contribution in [2.45, 2.75) is 52.4 Å². The molecular formula is C15H26N4. The minimum Gasteiger partial charge on any atom is -0.341 e. The van der Waals surface area contributed by atoms with Crippen LogP contribution in [0.25, 0.3) is 0 Å². The first-order valence-electron chi connectivity index (χ1n) is 7.51. The number of aromatic nitrogens is 2. The van der Waals surface area contributed by atoms with Gasteiger partial charge in [0.1, 0.15) is 0 Å². The topological polar surface area (TPSA) is 55.0 Å². The SMILES string of the molecule is Cc1nc(N2CCCCCC2)nc(C)c1CCCN. The molecule has 0 spiro atoms. The molecule has 2 heterocycles. The molecule has 0 aliphatic carbocycles. The normalized spacial score (nSPS) is 16.5. The van der Waals surface area contributed by atoms with Gasteiger partial charge in [0.05, 0.1) is 0 Å². The van der Waals surface area contributed by atoms with Gasteiger partial charge in [-0.3, -0.25) is 0 Å². The Morgan fingerprint density at radius 2 is 1.58 bits per heavy atom. The molecule has 4 nitrogen and oxygen atoms in total. The molecule has 0 saturated carbocycles. The zero-order valence-electron chi connectivity index (χ0n) is 12.3. The van der Waals surface area contributed by atoms with Crippen molar-refractivity contribution in [2.24, 2.45) is 5.73 Å². The summed E-state index contributed by atoms with van der Waals surface area (Å²) in [5.74, 6) is 0.924. The average Bonchev–Trinajstić information content (AvgIpc) is 2.66. The molecule has 2 rings (SSSR count). The first-order valence-corrected chi connectivity index (χ1v) is 7.51. The van der Waals surface area contributed by atoms with Crippen LogP contribution in [0.2, 0.25) is 0 Å². The first-order chi connectivity index (χ1) is 9.22. The Bertz CT molecular complexity index is 386. The third kappa shape index (κ3) is 3.66. The molecule has 0 unspecified atom stereocenters. The molecule has 4 heteroatoms. The van der Waals surface area contributed by atoms with Crippen molar-refractivity contribution in [3.63, 3.8) is 0 Å². The van der Waals surface area contributed by atoms with E-state index in [4.69, 9.17) is 15.7 Å². The molecule has 0 bridgehead atoms. The van der Waals surface area contributed by atoms with Gasteiger partial charge in [-0.05, 0) is 51.6 Å². The van der Waals surface area contributed by atoms with Gasteiger partial charge in [-0.25, -0.2) is 9.97 Å². The molecule has 1 fully saturated rings. The third-order valence-corrected chi connectivity index (χ3v) is 3.93. The van der Waals surface area contributed by atoms with Crippen LogP contribution in [0.3, 0.4) is 0 Å². The van der Waals surface area contributed by atoms with Crippen molar-refractivity contribution in [3.8, 4) is 0 Å². The summed E-state index contributed by atoms with van der Waals surface area (Å²) in [6.07, 6.45) is 7.20. The summed E-state index contributed by atoms with van der Waals surface area (Å²) in [5.41, 5.74) is 9.12. The van der Waals surface area contributed by atoms with Gasteiger partial charge in [0.2, 0.25) is 5.95 Å². The largest absolute Gasteiger partial charge is 0.341 e. The highest BCUT2D eigenvalue weighted by atomic mass is 15.2. The highest BCUT2D eigenvalue weighted by Crippen LogP contribution is 2.19. The first kappa shape index (κ1) is 14.3. The Morgan fingerprint density at radius 1 is 1.00 bits per heavy atom. The molecule has 1 aromatic heterocycles. The van der Waals surface area contributed by atoms with Crippen molar-refractivity contribution < 1.29 is 0 Å². The van der Waals surface area contributed by atoms with Crippen LogP contribution in [0, 0.1) is 13.8 Å². The van der Waals surface area contributed by atoms with Crippen LogP contribution < -0.4 is 10.6 Å². The second-order valence-electron chi connectivity index (χ2n) is 5.47. The fraction of sp³-hybridized carbons (Fsp3) is 0.733. The summed E-state index contributed by atoms with van der Waals surface area (Å²) in [6, 6.07) is 0. The average molecular weight is 262 g/mol. The summed E-state index contributed by atoms with van der Waals surface area (Å²) in [7, 11) is 0. The van der Waals surface area contributed by atoms with E-state index in [1.807, 2.05) is 0 Å². The lowest BCUT2D eigenvalue weighted by Crippen LogP contribution is -2.27. The smallest absolute Gasteiger partial charge is 0.225 e. The minimum absolute atomic E-state index is 0.729. The molecule has 1 aromatic rings. The molecule has 106 valence electrons. The fourth-order valence-corrected chi connectivity index (χ4v) is 2.77. The van der Waals surface area contributed by atoms with Crippen molar-refractivity contribution in [2.75, 3.05) is 24.5 Å². The Morgan fingerprint density at radius 3 is 2.11 bits per heavy atom. The molecule has 0 amide bonds. The number of hydrogen-bond acceptors (Lipinski definition) is 4. The van der Waals surface area contributed by atoms with Gasteiger partial charge in [-0.2, -0.15) is 0 Å². The van der Waals surface area contributed by atoms with Crippen LogP contribution in [0.15, 0.2) is 0 Å². The lowest BCUT2D eigenvalue weighted by atomic mass is 10.1. The Labute approximate surface area is 116 Å². The van der Waals surface area contributed by atoms with Crippen LogP contribution in [0.1, 0.15) is 49.1 Å². The Hall–Kier alpha value is -1.16. The minimum atomic E-state index is 0.729. The molecule has 0 radical (unpaired) electrons. The van der Waals surface area contributed by atoms with Gasteiger partial charge in [-0.15, -0.1) is 0 Å². The maximum atomic E-state index is 5.59. The van der Waals surface area contributed by atoms with Crippen LogP contribution in [0.5, 0.6) is 0 Å². The number of nitrogens with zero attached hydrogens (tertiary/aromatic N) is 3. The van der Waals surface area contributed by atoms with Gasteiger partial charge in [-0.1, -0.05) is 12.8 Å². The fourth-order valence-electron chi connectivity index (χ4n) is 2.77. The molecule has 0 atom stereocenters. The quantitative estimate of drug-likeness (QED) is 0.905. The van der Waals surface area contributed by atoms with Crippen LogP contribution >= 0.6 is 0 Å². The summed E-state index contributed by atoms with van der Waals surface area (Å²) in [4.78, 5) is 11.8. The lowest BCUT2D eigenvalue weighted by molar-refractivity contribution is 0.726. The van der Waals surface area contributed by atoms with E-state index in [0.29, 0.717) is 0 Å². The van der Waals surface area contributed by atoms with E-state index in [1.54, 1.807) is 0 Å². The predicted octanol–water partition coefficient (Wildman–Crippen LogP) is 2.37. The standard InChI is InChI=1S/C15H26N4/c1-12-14(8-7-9-16)13(2)18-15(17-12)19-10-5-3-4-6-11-19/h3-11,16H2,1-2H3. The molecule has 2 N–H and O–H groups in total. The summed E-state index contributed by atoms with van der Waals surface area (Å²) >= 11 is 0. The number of nitrogens with two attached hydrogens (primary N) is 1. The van der Waals surface area contributed by atoms with Gasteiger partial charge in [0.15, 0.2) is 0 Å². The van der Waals surface area contributed by atoms with Gasteiger partial charge in [0, 0.05) is 24.5 Å². The number of hydrogen-bond donors (Lipinski definition) is 1. The highest BCUT2D eigenvalue weighted by molar-refractivity contribution is 5.36. The lowest BCUT2D eigenvalue weighted by Gasteiger charge is -2.22. The molecule has 0 aromatic carbocycles. The van der Waals surface area contributed by atoms with Gasteiger partial charge < -0.3 is 10.6 Å². The van der Waals surface area contributed by atoms with Crippen molar-refractivity contribution in [1.29, 1.82) is 0 Å². The zero-order valence-corrected chi connectivity index (χ0v) is 12.3. The van der Waals surface area contributed by atoms with E-state index in [2.05, 4.69) is 18.7 Å². The summed E-state index contributed by atoms with van der Waals surface area (Å²) < 4.78 is 0. The Kier molecular flexibility index (Phi) is 5.14. The van der Waals surface area contributed by atoms with Crippen LogP contribution in [0.4, 0.5) is 5.95 Å². The molecule has 1 aliphatic heterocycles. The molecule has 1 aliphatic rings. The number of anilines is 1.